The molecular formula is C13H6F3IN2O. The van der Waals surface area contributed by atoms with Crippen LogP contribution in [0.1, 0.15) is 5.56 Å². The van der Waals surface area contributed by atoms with Gasteiger partial charge in [-0.25, -0.2) is 13.2 Å². The van der Waals surface area contributed by atoms with E-state index in [2.05, 4.69) is 0 Å². The van der Waals surface area contributed by atoms with E-state index < -0.39 is 23.2 Å². The standard InChI is InChI=1S/C13H6F3IN2O/c14-8-2-1-7(3-6(8)5-18)20-13-9(15)4-10(19)12(17)11(13)16/h1-4H,19H2. The van der Waals surface area contributed by atoms with Crippen LogP contribution in [0.25, 0.3) is 0 Å². The number of nitrogens with two attached hydrogens (primary N) is 1. The predicted octanol–water partition coefficient (Wildman–Crippen LogP) is 3.95. The molecule has 0 saturated heterocycles. The highest BCUT2D eigenvalue weighted by molar-refractivity contribution is 14.1. The average molecular weight is 390 g/mol. The maximum Gasteiger partial charge on any atom is 0.199 e. The maximum absolute atomic E-state index is 13.9. The van der Waals surface area contributed by atoms with Gasteiger partial charge in [0.25, 0.3) is 0 Å². The molecule has 2 N–H and O–H groups in total. The normalized spacial score (nSPS) is 10.2. The number of hydrogen-bond donors (Lipinski definition) is 1. The number of nitrogen functional groups attached to an aromatic ring is 1. The number of anilines is 1. The molecule has 0 fully saturated rings. The van der Waals surface area contributed by atoms with Crippen LogP contribution in [0.5, 0.6) is 11.5 Å². The largest absolute Gasteiger partial charge is 0.451 e. The Hall–Kier alpha value is -1.95. The van der Waals surface area contributed by atoms with Gasteiger partial charge in [-0.05, 0) is 34.7 Å². The number of nitrogens with zero attached hydrogens (tertiary/aromatic N) is 1. The molecule has 0 saturated carbocycles. The summed E-state index contributed by atoms with van der Waals surface area (Å²) in [6.07, 6.45) is 0. The lowest BCUT2D eigenvalue weighted by Gasteiger charge is -2.10. The van der Waals surface area contributed by atoms with E-state index in [0.29, 0.717) is 0 Å². The second-order valence-electron chi connectivity index (χ2n) is 3.76. The van der Waals surface area contributed by atoms with Crippen molar-refractivity contribution >= 4 is 28.3 Å². The molecule has 0 bridgehead atoms. The zero-order chi connectivity index (χ0) is 14.9. The van der Waals surface area contributed by atoms with Crippen LogP contribution < -0.4 is 10.5 Å². The van der Waals surface area contributed by atoms with Crippen molar-refractivity contribution in [3.05, 3.63) is 50.9 Å². The number of halogens is 4. The number of hydrogen-bond acceptors (Lipinski definition) is 3. The first kappa shape index (κ1) is 14.5. The SMILES string of the molecule is N#Cc1cc(Oc2c(F)cc(N)c(I)c2F)ccc1F. The number of nitriles is 1. The molecule has 0 aliphatic carbocycles. The molecule has 0 amide bonds. The topological polar surface area (TPSA) is 59.0 Å². The van der Waals surface area contributed by atoms with Gasteiger partial charge in [0, 0.05) is 12.1 Å². The lowest BCUT2D eigenvalue weighted by molar-refractivity contribution is 0.405. The molecule has 2 aromatic carbocycles. The smallest absolute Gasteiger partial charge is 0.199 e. The summed E-state index contributed by atoms with van der Waals surface area (Å²) in [4.78, 5) is 0. The Bertz CT molecular complexity index is 729. The number of ether oxygens (including phenoxy) is 1. The fraction of sp³-hybridized carbons (Fsp3) is 0. The summed E-state index contributed by atoms with van der Waals surface area (Å²) in [6.45, 7) is 0. The minimum absolute atomic E-state index is 0.0154. The van der Waals surface area contributed by atoms with Gasteiger partial charge in [0.2, 0.25) is 0 Å². The van der Waals surface area contributed by atoms with Crippen molar-refractivity contribution in [1.29, 1.82) is 5.26 Å². The number of rotatable bonds is 2. The first-order chi connectivity index (χ1) is 9.43. The third kappa shape index (κ3) is 2.65. The van der Waals surface area contributed by atoms with Crippen molar-refractivity contribution in [1.82, 2.24) is 0 Å². The van der Waals surface area contributed by atoms with E-state index in [0.717, 1.165) is 24.3 Å². The van der Waals surface area contributed by atoms with Crippen molar-refractivity contribution < 1.29 is 17.9 Å². The molecule has 0 aromatic heterocycles. The Balaban J connectivity index is 2.46. The summed E-state index contributed by atoms with van der Waals surface area (Å²) in [7, 11) is 0. The Morgan fingerprint density at radius 2 is 1.85 bits per heavy atom. The second-order valence-corrected chi connectivity index (χ2v) is 4.84. The van der Waals surface area contributed by atoms with E-state index in [1.807, 2.05) is 0 Å². The molecule has 0 aliphatic heterocycles. The van der Waals surface area contributed by atoms with E-state index in [1.54, 1.807) is 28.7 Å². The third-order valence-corrected chi connectivity index (χ3v) is 3.52. The summed E-state index contributed by atoms with van der Waals surface area (Å²) < 4.78 is 45.7. The minimum atomic E-state index is -0.983. The van der Waals surface area contributed by atoms with Crippen LogP contribution in [-0.4, -0.2) is 0 Å². The zero-order valence-electron chi connectivity index (χ0n) is 9.75. The van der Waals surface area contributed by atoms with Gasteiger partial charge in [-0.3, -0.25) is 0 Å². The molecule has 0 spiro atoms. The van der Waals surface area contributed by atoms with Crippen LogP contribution >= 0.6 is 22.6 Å². The summed E-state index contributed by atoms with van der Waals surface area (Å²) in [5, 5.41) is 8.69. The first-order valence-electron chi connectivity index (χ1n) is 5.24. The predicted molar refractivity (Wildman–Crippen MR) is 74.7 cm³/mol. The Kier molecular flexibility index (Phi) is 4.04. The third-order valence-electron chi connectivity index (χ3n) is 2.42. The first-order valence-corrected chi connectivity index (χ1v) is 6.32. The van der Waals surface area contributed by atoms with Crippen molar-refractivity contribution in [2.24, 2.45) is 0 Å². The minimum Gasteiger partial charge on any atom is -0.451 e. The molecule has 0 unspecified atom stereocenters. The van der Waals surface area contributed by atoms with Gasteiger partial charge < -0.3 is 10.5 Å². The Morgan fingerprint density at radius 3 is 2.50 bits per heavy atom. The average Bonchev–Trinajstić information content (AvgIpc) is 2.43. The van der Waals surface area contributed by atoms with E-state index in [-0.39, 0.29) is 20.6 Å². The van der Waals surface area contributed by atoms with Gasteiger partial charge in [-0.15, -0.1) is 0 Å². The molecule has 20 heavy (non-hydrogen) atoms. The molecule has 2 rings (SSSR count). The molecular weight excluding hydrogens is 384 g/mol. The van der Waals surface area contributed by atoms with Crippen molar-refractivity contribution in [3.8, 4) is 17.6 Å². The Labute approximate surface area is 125 Å². The van der Waals surface area contributed by atoms with E-state index in [1.165, 1.54) is 0 Å². The van der Waals surface area contributed by atoms with Crippen molar-refractivity contribution in [2.75, 3.05) is 5.73 Å². The van der Waals surface area contributed by atoms with Gasteiger partial charge >= 0.3 is 0 Å². The molecule has 0 heterocycles. The lowest BCUT2D eigenvalue weighted by Crippen LogP contribution is -2.00. The van der Waals surface area contributed by atoms with Crippen LogP contribution in [0, 0.1) is 32.4 Å². The van der Waals surface area contributed by atoms with Crippen molar-refractivity contribution in [3.63, 3.8) is 0 Å². The fourth-order valence-electron chi connectivity index (χ4n) is 1.46. The monoisotopic (exact) mass is 390 g/mol. The van der Waals surface area contributed by atoms with E-state index in [9.17, 15) is 13.2 Å². The van der Waals surface area contributed by atoms with Crippen molar-refractivity contribution in [2.45, 2.75) is 0 Å². The maximum atomic E-state index is 13.9. The van der Waals surface area contributed by atoms with Crippen LogP contribution in [0.2, 0.25) is 0 Å². The molecule has 3 nitrogen and oxygen atoms in total. The van der Waals surface area contributed by atoms with Crippen LogP contribution in [0.4, 0.5) is 18.9 Å². The molecule has 102 valence electrons. The van der Waals surface area contributed by atoms with Crippen LogP contribution in [-0.2, 0) is 0 Å². The molecule has 0 radical (unpaired) electrons. The fourth-order valence-corrected chi connectivity index (χ4v) is 1.86. The highest BCUT2D eigenvalue weighted by Crippen LogP contribution is 2.33. The van der Waals surface area contributed by atoms with Gasteiger partial charge in [-0.1, -0.05) is 0 Å². The van der Waals surface area contributed by atoms with Crippen LogP contribution in [0.15, 0.2) is 24.3 Å². The molecule has 0 atom stereocenters. The van der Waals surface area contributed by atoms with E-state index in [4.69, 9.17) is 15.7 Å². The zero-order valence-corrected chi connectivity index (χ0v) is 11.9. The summed E-state index contributed by atoms with van der Waals surface area (Å²) in [5.74, 6) is -3.39. The highest BCUT2D eigenvalue weighted by Gasteiger charge is 2.18. The summed E-state index contributed by atoms with van der Waals surface area (Å²) in [6, 6.07) is 5.73. The number of benzene rings is 2. The summed E-state index contributed by atoms with van der Waals surface area (Å²) in [5.41, 5.74) is 5.08. The lowest BCUT2D eigenvalue weighted by atomic mass is 10.2. The molecule has 0 aliphatic rings. The molecule has 7 heteroatoms. The quantitative estimate of drug-likeness (QED) is 0.480. The highest BCUT2D eigenvalue weighted by atomic mass is 127. The second kappa shape index (κ2) is 5.58. The van der Waals surface area contributed by atoms with Crippen LogP contribution in [0.3, 0.4) is 0 Å². The van der Waals surface area contributed by atoms with E-state index >= 15 is 0 Å². The molecule has 2 aromatic rings. The summed E-state index contributed by atoms with van der Waals surface area (Å²) >= 11 is 1.61. The Morgan fingerprint density at radius 1 is 1.15 bits per heavy atom. The van der Waals surface area contributed by atoms with Gasteiger partial charge in [-0.2, -0.15) is 5.26 Å². The van der Waals surface area contributed by atoms with Gasteiger partial charge in [0.05, 0.1) is 14.8 Å². The van der Waals surface area contributed by atoms with Gasteiger partial charge in [0.1, 0.15) is 17.6 Å². The van der Waals surface area contributed by atoms with Gasteiger partial charge in [0.15, 0.2) is 17.4 Å².